The van der Waals surface area contributed by atoms with E-state index in [9.17, 15) is 19.5 Å². The summed E-state index contributed by atoms with van der Waals surface area (Å²) in [7, 11) is 0. The highest BCUT2D eigenvalue weighted by Crippen LogP contribution is 2.33. The van der Waals surface area contributed by atoms with E-state index in [-0.39, 0.29) is 23.6 Å². The number of phenols is 1. The second-order valence-electron chi connectivity index (χ2n) is 8.05. The first-order chi connectivity index (χ1) is 17.4. The molecule has 0 aliphatic carbocycles. The SMILES string of the molecule is O=C1NC(=O)N(c2ccc(O)cc2)C(=O)/C1=C/c1c(OCc2ccccc2Br)ccc2ccccc12. The highest BCUT2D eigenvalue weighted by Gasteiger charge is 2.37. The van der Waals surface area contributed by atoms with Gasteiger partial charge in [-0.05, 0) is 53.2 Å². The molecular weight excluding hydrogens is 524 g/mol. The third-order valence-corrected chi connectivity index (χ3v) is 6.54. The molecule has 4 amide bonds. The minimum Gasteiger partial charge on any atom is -0.508 e. The molecule has 36 heavy (non-hydrogen) atoms. The number of imide groups is 2. The fourth-order valence-corrected chi connectivity index (χ4v) is 4.36. The Labute approximate surface area is 214 Å². The number of nitrogens with one attached hydrogen (secondary N) is 1. The van der Waals surface area contributed by atoms with Gasteiger partial charge in [-0.15, -0.1) is 0 Å². The number of benzene rings is 4. The number of amides is 4. The summed E-state index contributed by atoms with van der Waals surface area (Å²) >= 11 is 3.52. The first kappa shape index (κ1) is 23.3. The lowest BCUT2D eigenvalue weighted by Gasteiger charge is -2.26. The first-order valence-electron chi connectivity index (χ1n) is 11.0. The van der Waals surface area contributed by atoms with Crippen LogP contribution < -0.4 is 15.0 Å². The van der Waals surface area contributed by atoms with Gasteiger partial charge in [-0.25, -0.2) is 9.69 Å². The van der Waals surface area contributed by atoms with Crippen LogP contribution in [0.1, 0.15) is 11.1 Å². The first-order valence-corrected chi connectivity index (χ1v) is 11.8. The quantitative estimate of drug-likeness (QED) is 0.254. The van der Waals surface area contributed by atoms with Gasteiger partial charge in [0.15, 0.2) is 0 Å². The number of aromatic hydroxyl groups is 1. The average Bonchev–Trinajstić information content (AvgIpc) is 2.87. The van der Waals surface area contributed by atoms with E-state index in [1.54, 1.807) is 6.07 Å². The molecule has 5 rings (SSSR count). The highest BCUT2D eigenvalue weighted by molar-refractivity contribution is 9.10. The van der Waals surface area contributed by atoms with Crippen LogP contribution in [0.2, 0.25) is 0 Å². The molecule has 0 unspecified atom stereocenters. The summed E-state index contributed by atoms with van der Waals surface area (Å²) in [6, 6.07) is 23.6. The molecule has 7 nitrogen and oxygen atoms in total. The molecule has 1 heterocycles. The number of urea groups is 1. The monoisotopic (exact) mass is 542 g/mol. The minimum atomic E-state index is -0.865. The van der Waals surface area contributed by atoms with Crippen LogP contribution in [-0.4, -0.2) is 23.0 Å². The standard InChI is InChI=1S/C28H19BrN2O5/c29-24-8-4-2-6-18(24)16-36-25-14-9-17-5-1-3-7-21(17)22(25)15-23-26(33)30-28(35)31(27(23)34)19-10-12-20(32)13-11-19/h1-15,32H,16H2,(H,30,33,35)/b23-15+. The van der Waals surface area contributed by atoms with E-state index in [1.807, 2.05) is 54.6 Å². The van der Waals surface area contributed by atoms with Crippen molar-refractivity contribution >= 4 is 56.3 Å². The van der Waals surface area contributed by atoms with E-state index in [2.05, 4.69) is 21.2 Å². The van der Waals surface area contributed by atoms with Gasteiger partial charge in [-0.2, -0.15) is 0 Å². The Bertz CT molecular complexity index is 1550. The van der Waals surface area contributed by atoms with Crippen molar-refractivity contribution in [3.63, 3.8) is 0 Å². The lowest BCUT2D eigenvalue weighted by atomic mass is 9.99. The van der Waals surface area contributed by atoms with Crippen LogP contribution in [-0.2, 0) is 16.2 Å². The lowest BCUT2D eigenvalue weighted by molar-refractivity contribution is -0.122. The van der Waals surface area contributed by atoms with Gasteiger partial charge >= 0.3 is 6.03 Å². The third-order valence-electron chi connectivity index (χ3n) is 5.77. The zero-order valence-corrected chi connectivity index (χ0v) is 20.4. The zero-order chi connectivity index (χ0) is 25.2. The molecule has 0 aromatic heterocycles. The average molecular weight is 543 g/mol. The number of hydrogen-bond donors (Lipinski definition) is 2. The van der Waals surface area contributed by atoms with Gasteiger partial charge in [0.05, 0.1) is 5.69 Å². The molecule has 1 aliphatic heterocycles. The topological polar surface area (TPSA) is 95.9 Å². The summed E-state index contributed by atoms with van der Waals surface area (Å²) in [6.45, 7) is 0.258. The second kappa shape index (κ2) is 9.67. The van der Waals surface area contributed by atoms with E-state index >= 15 is 0 Å². The molecule has 2 N–H and O–H groups in total. The maximum absolute atomic E-state index is 13.4. The molecule has 0 atom stereocenters. The fourth-order valence-electron chi connectivity index (χ4n) is 3.96. The van der Waals surface area contributed by atoms with Crippen LogP contribution in [0, 0.1) is 0 Å². The molecule has 4 aromatic rings. The number of carbonyl (C=O) groups is 3. The highest BCUT2D eigenvalue weighted by atomic mass is 79.9. The van der Waals surface area contributed by atoms with Crippen LogP contribution in [0.25, 0.3) is 16.8 Å². The lowest BCUT2D eigenvalue weighted by Crippen LogP contribution is -2.54. The molecule has 1 fully saturated rings. The number of halogens is 1. The smallest absolute Gasteiger partial charge is 0.335 e. The molecular formula is C28H19BrN2O5. The van der Waals surface area contributed by atoms with E-state index in [4.69, 9.17) is 4.74 Å². The van der Waals surface area contributed by atoms with Crippen molar-refractivity contribution in [3.05, 3.63) is 106 Å². The maximum Gasteiger partial charge on any atom is 0.335 e. The van der Waals surface area contributed by atoms with Gasteiger partial charge in [-0.3, -0.25) is 14.9 Å². The zero-order valence-electron chi connectivity index (χ0n) is 18.8. The number of nitrogens with zero attached hydrogens (tertiary/aromatic N) is 1. The summed E-state index contributed by atoms with van der Waals surface area (Å²) in [5.41, 5.74) is 1.47. The normalized spacial score (nSPS) is 14.9. The predicted molar refractivity (Wildman–Crippen MR) is 140 cm³/mol. The third kappa shape index (κ3) is 4.46. The van der Waals surface area contributed by atoms with Crippen molar-refractivity contribution in [3.8, 4) is 11.5 Å². The molecule has 0 bridgehead atoms. The molecule has 8 heteroatoms. The van der Waals surface area contributed by atoms with Crippen LogP contribution in [0.5, 0.6) is 11.5 Å². The Morgan fingerprint density at radius 2 is 1.61 bits per heavy atom. The van der Waals surface area contributed by atoms with Gasteiger partial charge in [0.25, 0.3) is 11.8 Å². The fraction of sp³-hybridized carbons (Fsp3) is 0.0357. The van der Waals surface area contributed by atoms with Crippen molar-refractivity contribution in [1.82, 2.24) is 5.32 Å². The minimum absolute atomic E-state index is 0.0157. The molecule has 1 aliphatic rings. The molecule has 0 saturated carbocycles. The number of fused-ring (bicyclic) bond motifs is 1. The number of anilines is 1. The predicted octanol–water partition coefficient (Wildman–Crippen LogP) is 5.55. The maximum atomic E-state index is 13.4. The summed E-state index contributed by atoms with van der Waals surface area (Å²) in [4.78, 5) is 39.5. The van der Waals surface area contributed by atoms with Crippen LogP contribution in [0.15, 0.2) is 95.0 Å². The number of hydrogen-bond acceptors (Lipinski definition) is 5. The summed E-state index contributed by atoms with van der Waals surface area (Å²) in [5.74, 6) is -1.12. The largest absolute Gasteiger partial charge is 0.508 e. The Hall–Kier alpha value is -4.43. The van der Waals surface area contributed by atoms with Gasteiger partial charge in [0, 0.05) is 15.6 Å². The van der Waals surface area contributed by atoms with Crippen LogP contribution >= 0.6 is 15.9 Å². The molecule has 4 aromatic carbocycles. The van der Waals surface area contributed by atoms with Crippen LogP contribution in [0.3, 0.4) is 0 Å². The molecule has 0 radical (unpaired) electrons. The summed E-state index contributed by atoms with van der Waals surface area (Å²) in [5, 5.41) is 13.5. The van der Waals surface area contributed by atoms with E-state index < -0.39 is 17.8 Å². The Balaban J connectivity index is 1.59. The molecule has 1 saturated heterocycles. The van der Waals surface area contributed by atoms with Gasteiger partial charge in [0.2, 0.25) is 0 Å². The summed E-state index contributed by atoms with van der Waals surface area (Å²) in [6.07, 6.45) is 1.45. The van der Waals surface area contributed by atoms with Crippen molar-refractivity contribution in [1.29, 1.82) is 0 Å². The van der Waals surface area contributed by atoms with E-state index in [1.165, 1.54) is 30.3 Å². The molecule has 0 spiro atoms. The van der Waals surface area contributed by atoms with E-state index in [0.29, 0.717) is 11.3 Å². The number of barbiturate groups is 1. The van der Waals surface area contributed by atoms with Gasteiger partial charge in [0.1, 0.15) is 23.7 Å². The number of rotatable bonds is 5. The number of phenolic OH excluding ortho intramolecular Hbond substituents is 1. The van der Waals surface area contributed by atoms with E-state index in [0.717, 1.165) is 25.7 Å². The van der Waals surface area contributed by atoms with Gasteiger partial charge in [-0.1, -0.05) is 64.5 Å². The van der Waals surface area contributed by atoms with Gasteiger partial charge < -0.3 is 9.84 Å². The van der Waals surface area contributed by atoms with Crippen molar-refractivity contribution in [2.75, 3.05) is 4.90 Å². The van der Waals surface area contributed by atoms with Crippen molar-refractivity contribution in [2.45, 2.75) is 6.61 Å². The van der Waals surface area contributed by atoms with Crippen molar-refractivity contribution in [2.24, 2.45) is 0 Å². The molecule has 178 valence electrons. The van der Waals surface area contributed by atoms with Crippen LogP contribution in [0.4, 0.5) is 10.5 Å². The Morgan fingerprint density at radius 3 is 2.39 bits per heavy atom. The van der Waals surface area contributed by atoms with Crippen molar-refractivity contribution < 1.29 is 24.2 Å². The second-order valence-corrected chi connectivity index (χ2v) is 8.91. The number of carbonyl (C=O) groups excluding carboxylic acids is 3. The Morgan fingerprint density at radius 1 is 0.889 bits per heavy atom. The number of ether oxygens (including phenoxy) is 1. The summed E-state index contributed by atoms with van der Waals surface area (Å²) < 4.78 is 7.04. The Kier molecular flexibility index (Phi) is 6.26.